The molecule has 6 aliphatic carbocycles. The molecule has 0 unspecified atom stereocenters. The Hall–Kier alpha value is -5.54. The SMILES string of the molecule is Cc1cn(C23CC(Nc4nc5n(n4)CCCC[C@@H]5c4ccc(F)c(F)c4)(C2)C3)cn1.Cc1cn(C23CC(Nc4nc5n(n4)CCCC[C@H]5c4ccc(F)c(F)c4)(C2)C3)cn1. The Morgan fingerprint density at radius 3 is 1.35 bits per heavy atom. The Bertz CT molecular complexity index is 2400. The first-order valence-electron chi connectivity index (χ1n) is 21.3. The van der Waals surface area contributed by atoms with E-state index in [0.717, 1.165) is 124 Å². The third kappa shape index (κ3) is 6.14. The van der Waals surface area contributed by atoms with Crippen LogP contribution >= 0.6 is 0 Å². The number of hydrogen-bond acceptors (Lipinski definition) is 8. The van der Waals surface area contributed by atoms with Gasteiger partial charge in [0.15, 0.2) is 23.3 Å². The molecule has 60 heavy (non-hydrogen) atoms. The molecule has 6 fully saturated rings. The largest absolute Gasteiger partial charge is 0.347 e. The molecule has 0 spiro atoms. The van der Waals surface area contributed by atoms with E-state index in [9.17, 15) is 17.6 Å². The molecule has 312 valence electrons. The minimum Gasteiger partial charge on any atom is -0.347 e. The summed E-state index contributed by atoms with van der Waals surface area (Å²) in [4.78, 5) is 18.4. The topological polar surface area (TPSA) is 121 Å². The van der Waals surface area contributed by atoms with Crippen molar-refractivity contribution in [2.24, 2.45) is 0 Å². The highest BCUT2D eigenvalue weighted by molar-refractivity contribution is 5.44. The van der Waals surface area contributed by atoms with E-state index in [-0.39, 0.29) is 34.0 Å². The van der Waals surface area contributed by atoms with Crippen molar-refractivity contribution in [1.29, 1.82) is 0 Å². The van der Waals surface area contributed by atoms with Gasteiger partial charge in [0.25, 0.3) is 0 Å². The maximum Gasteiger partial charge on any atom is 0.242 e. The number of benzene rings is 2. The van der Waals surface area contributed by atoms with Crippen molar-refractivity contribution in [3.63, 3.8) is 0 Å². The first kappa shape index (κ1) is 37.5. The molecular weight excluding hydrogens is 773 g/mol. The van der Waals surface area contributed by atoms with Crippen LogP contribution in [0.3, 0.4) is 0 Å². The van der Waals surface area contributed by atoms with Crippen LogP contribution in [0.1, 0.15) is 123 Å². The lowest BCUT2D eigenvalue weighted by molar-refractivity contribution is -0.101. The van der Waals surface area contributed by atoms with Gasteiger partial charge in [0, 0.05) is 48.4 Å². The smallest absolute Gasteiger partial charge is 0.242 e. The van der Waals surface area contributed by atoms with Gasteiger partial charge in [-0.3, -0.25) is 0 Å². The molecule has 2 N–H and O–H groups in total. The number of aryl methyl sites for hydroxylation is 4. The number of nitrogens with zero attached hydrogens (tertiary/aromatic N) is 10. The van der Waals surface area contributed by atoms with Crippen molar-refractivity contribution in [2.45, 2.75) is 138 Å². The van der Waals surface area contributed by atoms with Gasteiger partial charge in [0.1, 0.15) is 11.6 Å². The zero-order valence-electron chi connectivity index (χ0n) is 33.8. The van der Waals surface area contributed by atoms with E-state index in [1.54, 1.807) is 12.1 Å². The summed E-state index contributed by atoms with van der Waals surface area (Å²) in [6, 6.07) is 8.34. The Balaban J connectivity index is 0.000000136. The summed E-state index contributed by atoms with van der Waals surface area (Å²) in [5.74, 6) is -0.420. The third-order valence-electron chi connectivity index (χ3n) is 14.2. The van der Waals surface area contributed by atoms with Crippen LogP contribution in [-0.4, -0.2) is 59.7 Å². The van der Waals surface area contributed by atoms with Gasteiger partial charge >= 0.3 is 0 Å². The molecular formula is C44H48F4N12. The maximum absolute atomic E-state index is 13.8. The fraction of sp³-hybridized carbons (Fsp3) is 0.500. The number of anilines is 2. The number of rotatable bonds is 8. The molecule has 6 saturated carbocycles. The van der Waals surface area contributed by atoms with Gasteiger partial charge in [-0.1, -0.05) is 25.0 Å². The fourth-order valence-electron chi connectivity index (χ4n) is 11.3. The number of hydrogen-bond donors (Lipinski definition) is 2. The molecule has 2 aromatic carbocycles. The molecule has 2 aliphatic heterocycles. The second-order valence-electron chi connectivity index (χ2n) is 18.6. The summed E-state index contributed by atoms with van der Waals surface area (Å²) < 4.78 is 62.9. The lowest BCUT2D eigenvalue weighted by Crippen LogP contribution is -2.75. The van der Waals surface area contributed by atoms with Crippen molar-refractivity contribution >= 4 is 11.9 Å². The lowest BCUT2D eigenvalue weighted by Gasteiger charge is -2.70. The molecule has 0 saturated heterocycles. The van der Waals surface area contributed by atoms with Crippen LogP contribution in [0.5, 0.6) is 0 Å². The second kappa shape index (κ2) is 13.5. The first-order valence-corrected chi connectivity index (χ1v) is 21.3. The Morgan fingerprint density at radius 1 is 0.567 bits per heavy atom. The summed E-state index contributed by atoms with van der Waals surface area (Å²) in [6.45, 7) is 5.63. The van der Waals surface area contributed by atoms with Gasteiger partial charge in [0.05, 0.1) is 35.1 Å². The quantitative estimate of drug-likeness (QED) is 0.147. The fourth-order valence-corrected chi connectivity index (χ4v) is 11.3. The van der Waals surface area contributed by atoms with Crippen LogP contribution in [-0.2, 0) is 24.2 Å². The lowest BCUT2D eigenvalue weighted by atomic mass is 9.44. The highest BCUT2D eigenvalue weighted by Gasteiger charge is 2.70. The van der Waals surface area contributed by atoms with Crippen LogP contribution in [0.2, 0.25) is 0 Å². The van der Waals surface area contributed by atoms with E-state index in [2.05, 4.69) is 42.1 Å². The Labute approximate surface area is 344 Å². The van der Waals surface area contributed by atoms with E-state index in [1.165, 1.54) is 24.3 Å². The van der Waals surface area contributed by atoms with Crippen LogP contribution < -0.4 is 10.6 Å². The molecule has 0 radical (unpaired) electrons. The van der Waals surface area contributed by atoms with Crippen LogP contribution in [0.15, 0.2) is 61.4 Å². The van der Waals surface area contributed by atoms with Gasteiger partial charge in [-0.2, -0.15) is 9.97 Å². The summed E-state index contributed by atoms with van der Waals surface area (Å²) in [7, 11) is 0. The molecule has 12 nitrogen and oxygen atoms in total. The minimum absolute atomic E-state index is 0.0588. The summed E-state index contributed by atoms with van der Waals surface area (Å²) in [5, 5.41) is 16.6. The zero-order chi connectivity index (χ0) is 41.0. The van der Waals surface area contributed by atoms with E-state index >= 15 is 0 Å². The number of halogens is 4. The predicted octanol–water partition coefficient (Wildman–Crippen LogP) is 8.24. The van der Waals surface area contributed by atoms with Crippen molar-refractivity contribution in [2.75, 3.05) is 10.6 Å². The van der Waals surface area contributed by atoms with Crippen molar-refractivity contribution in [1.82, 2.24) is 48.6 Å². The van der Waals surface area contributed by atoms with E-state index in [1.807, 2.05) is 35.9 Å². The third-order valence-corrected chi connectivity index (χ3v) is 14.2. The molecule has 8 aliphatic rings. The number of imidazole rings is 2. The highest BCUT2D eigenvalue weighted by Crippen LogP contribution is 2.67. The minimum atomic E-state index is -0.818. The van der Waals surface area contributed by atoms with Gasteiger partial charge in [0.2, 0.25) is 11.9 Å². The van der Waals surface area contributed by atoms with Crippen molar-refractivity contribution < 1.29 is 17.6 Å². The number of nitrogens with one attached hydrogen (secondary N) is 2. The van der Waals surface area contributed by atoms with Crippen LogP contribution in [0.4, 0.5) is 29.5 Å². The van der Waals surface area contributed by atoms with Gasteiger partial charge in [-0.25, -0.2) is 36.9 Å². The zero-order valence-corrected chi connectivity index (χ0v) is 33.8. The summed E-state index contributed by atoms with van der Waals surface area (Å²) in [5.41, 5.74) is 4.12. The molecule has 6 heterocycles. The first-order chi connectivity index (χ1) is 28.9. The monoisotopic (exact) mass is 820 g/mol. The molecule has 4 bridgehead atoms. The molecule has 14 rings (SSSR count). The predicted molar refractivity (Wildman–Crippen MR) is 214 cm³/mol. The Morgan fingerprint density at radius 2 is 0.983 bits per heavy atom. The molecule has 2 atom stereocenters. The van der Waals surface area contributed by atoms with Crippen LogP contribution in [0, 0.1) is 37.1 Å². The average Bonchev–Trinajstić information content (AvgIpc) is 3.93. The highest BCUT2D eigenvalue weighted by atomic mass is 19.2. The van der Waals surface area contributed by atoms with Crippen LogP contribution in [0.25, 0.3) is 0 Å². The molecule has 4 aromatic heterocycles. The van der Waals surface area contributed by atoms with Gasteiger partial charge in [-0.15, -0.1) is 10.2 Å². The number of fused-ring (bicyclic) bond motifs is 2. The molecule has 16 heteroatoms. The summed E-state index contributed by atoms with van der Waals surface area (Å²) in [6.07, 6.45) is 20.1. The molecule has 6 aromatic rings. The maximum atomic E-state index is 13.8. The standard InChI is InChI=1S/2C22H24F2N6/c2*1-14-9-29(13-25-14)22-10-21(11-22,12-22)27-20-26-19-16(4-2-3-7-30(19)28-20)15-5-6-17(23)18(24)8-15/h2*5-6,8-9,13,16H,2-4,7,10-12H2,1H3,(H,27,28)/t2*16-,21?,22?/m10/s1. The van der Waals surface area contributed by atoms with E-state index in [4.69, 9.17) is 20.2 Å². The van der Waals surface area contributed by atoms with Crippen molar-refractivity contribution in [3.8, 4) is 0 Å². The molecule has 0 amide bonds. The van der Waals surface area contributed by atoms with Gasteiger partial charge in [-0.05, 0) is 113 Å². The second-order valence-corrected chi connectivity index (χ2v) is 18.6. The normalized spacial score (nSPS) is 29.5. The van der Waals surface area contributed by atoms with E-state index < -0.39 is 23.3 Å². The Kier molecular flexibility index (Phi) is 8.42. The average molecular weight is 821 g/mol. The van der Waals surface area contributed by atoms with Crippen molar-refractivity contribution in [3.05, 3.63) is 119 Å². The van der Waals surface area contributed by atoms with E-state index in [0.29, 0.717) is 11.9 Å². The summed E-state index contributed by atoms with van der Waals surface area (Å²) >= 11 is 0. The number of aromatic nitrogens is 10. The van der Waals surface area contributed by atoms with Gasteiger partial charge < -0.3 is 19.8 Å².